The third-order valence-electron chi connectivity index (χ3n) is 4.87. The van der Waals surface area contributed by atoms with Crippen LogP contribution >= 0.6 is 0 Å². The quantitative estimate of drug-likeness (QED) is 0.239. The first-order valence-corrected chi connectivity index (χ1v) is 12.9. The number of nitrogens with one attached hydrogen (secondary N) is 1. The Kier molecular flexibility index (Phi) is 4.75. The average molecular weight is 500 g/mol. The summed E-state index contributed by atoms with van der Waals surface area (Å²) in [6, 6.07) is 8.64. The van der Waals surface area contributed by atoms with E-state index in [9.17, 15) is 43.7 Å². The number of benzene rings is 4. The molecule has 0 radical (unpaired) electrons. The summed E-state index contributed by atoms with van der Waals surface area (Å²) in [5, 5.41) is 2.33. The van der Waals surface area contributed by atoms with Gasteiger partial charge in [0.15, 0.2) is 0 Å². The molecule has 4 aromatic rings. The van der Waals surface area contributed by atoms with Crippen molar-refractivity contribution in [3.8, 4) is 0 Å². The Hall–Kier alpha value is -2.88. The lowest BCUT2D eigenvalue weighted by atomic mass is 9.93. The van der Waals surface area contributed by atoms with Gasteiger partial charge in [-0.1, -0.05) is 30.3 Å². The van der Waals surface area contributed by atoms with Crippen LogP contribution in [0.15, 0.2) is 51.1 Å². The second-order valence-corrected chi connectivity index (χ2v) is 11.0. The van der Waals surface area contributed by atoms with E-state index in [1.54, 1.807) is 18.2 Å². The molecule has 14 heteroatoms. The van der Waals surface area contributed by atoms with Gasteiger partial charge in [-0.3, -0.25) is 18.5 Å². The van der Waals surface area contributed by atoms with Crippen LogP contribution in [-0.2, 0) is 35.1 Å². The minimum absolute atomic E-state index is 0.169. The Morgan fingerprint density at radius 2 is 1.28 bits per heavy atom. The van der Waals surface area contributed by atoms with Crippen LogP contribution in [0.5, 0.6) is 0 Å². The molecular formula is C18H13NO10S3. The molecule has 0 fully saturated rings. The van der Waals surface area contributed by atoms with Gasteiger partial charge in [0.2, 0.25) is 5.91 Å². The van der Waals surface area contributed by atoms with Crippen molar-refractivity contribution in [3.63, 3.8) is 0 Å². The molecule has 4 N–H and O–H groups in total. The molecule has 0 spiro atoms. The molecule has 32 heavy (non-hydrogen) atoms. The van der Waals surface area contributed by atoms with Crippen molar-refractivity contribution >= 4 is 74.3 Å². The van der Waals surface area contributed by atoms with E-state index in [1.165, 1.54) is 12.1 Å². The van der Waals surface area contributed by atoms with Crippen molar-refractivity contribution in [1.82, 2.24) is 0 Å². The maximum Gasteiger partial charge on any atom is 0.297 e. The van der Waals surface area contributed by atoms with Gasteiger partial charge in [-0.25, -0.2) is 0 Å². The van der Waals surface area contributed by atoms with Gasteiger partial charge in [-0.05, 0) is 22.2 Å². The van der Waals surface area contributed by atoms with E-state index in [0.29, 0.717) is 10.8 Å². The number of amides is 1. The monoisotopic (exact) mass is 499 g/mol. The van der Waals surface area contributed by atoms with Gasteiger partial charge in [-0.15, -0.1) is 0 Å². The van der Waals surface area contributed by atoms with Gasteiger partial charge in [0.25, 0.3) is 30.4 Å². The van der Waals surface area contributed by atoms with E-state index in [4.69, 9.17) is 0 Å². The Balaban J connectivity index is 2.58. The Morgan fingerprint density at radius 3 is 1.81 bits per heavy atom. The molecule has 0 unspecified atom stereocenters. The third-order valence-corrected chi connectivity index (χ3v) is 7.91. The fourth-order valence-electron chi connectivity index (χ4n) is 3.94. The summed E-state index contributed by atoms with van der Waals surface area (Å²) in [5.41, 5.74) is -0.270. The first-order valence-electron chi connectivity index (χ1n) is 8.60. The molecule has 0 aliphatic carbocycles. The van der Waals surface area contributed by atoms with Crippen molar-refractivity contribution < 1.29 is 43.7 Å². The molecule has 1 amide bonds. The van der Waals surface area contributed by atoms with Gasteiger partial charge in [0.1, 0.15) is 14.7 Å². The number of carbonyl (C=O) groups excluding carboxylic acids is 1. The first kappa shape index (κ1) is 22.3. The lowest BCUT2D eigenvalue weighted by molar-refractivity contribution is -0.114. The van der Waals surface area contributed by atoms with Crippen LogP contribution in [0.3, 0.4) is 0 Å². The maximum absolute atomic E-state index is 12.4. The standard InChI is InChI=1S/C18H13NO10S3/c1-8(20)19-12-7-10-4-2-3-9-5-6-11-14(13(9)10)15(12)17(31(24,25)26)18(32(27,28)29)16(11)30(21,22)23/h2-7H,1H3,(H,19,20)(H,21,22,23)(H,24,25,26)(H,27,28,29). The molecule has 4 rings (SSSR count). The largest absolute Gasteiger partial charge is 0.326 e. The summed E-state index contributed by atoms with van der Waals surface area (Å²) < 4.78 is 103. The maximum atomic E-state index is 12.4. The lowest BCUT2D eigenvalue weighted by Gasteiger charge is -2.20. The molecule has 0 bridgehead atoms. The minimum Gasteiger partial charge on any atom is -0.326 e. The van der Waals surface area contributed by atoms with E-state index in [2.05, 4.69) is 5.32 Å². The molecule has 0 aliphatic heterocycles. The highest BCUT2D eigenvalue weighted by Crippen LogP contribution is 2.47. The molecule has 0 atom stereocenters. The fraction of sp³-hybridized carbons (Fsp3) is 0.0556. The molecule has 11 nitrogen and oxygen atoms in total. The summed E-state index contributed by atoms with van der Waals surface area (Å²) >= 11 is 0. The molecule has 0 saturated carbocycles. The van der Waals surface area contributed by atoms with Crippen LogP contribution in [-0.4, -0.2) is 44.8 Å². The summed E-state index contributed by atoms with van der Waals surface area (Å²) in [6.07, 6.45) is 0. The van der Waals surface area contributed by atoms with E-state index in [1.807, 2.05) is 0 Å². The van der Waals surface area contributed by atoms with Crippen LogP contribution < -0.4 is 5.32 Å². The van der Waals surface area contributed by atoms with Crippen molar-refractivity contribution in [3.05, 3.63) is 36.4 Å². The number of anilines is 1. The van der Waals surface area contributed by atoms with E-state index in [0.717, 1.165) is 13.0 Å². The van der Waals surface area contributed by atoms with Gasteiger partial charge < -0.3 is 5.32 Å². The van der Waals surface area contributed by atoms with Crippen molar-refractivity contribution in [1.29, 1.82) is 0 Å². The van der Waals surface area contributed by atoms with Crippen LogP contribution in [0.4, 0.5) is 5.69 Å². The molecule has 0 aromatic heterocycles. The summed E-state index contributed by atoms with van der Waals surface area (Å²) in [5.74, 6) is -0.690. The van der Waals surface area contributed by atoms with Crippen LogP contribution in [0.1, 0.15) is 6.92 Å². The highest BCUT2D eigenvalue weighted by Gasteiger charge is 2.38. The fourth-order valence-corrected chi connectivity index (χ4v) is 7.54. The average Bonchev–Trinajstić information content (AvgIpc) is 2.62. The molecule has 0 heterocycles. The SMILES string of the molecule is CC(=O)Nc1cc2cccc3ccc4c(S(=O)(=O)O)c(S(=O)(=O)O)c(S(=O)(=O)O)c1c4c32. The molecule has 0 saturated heterocycles. The van der Waals surface area contributed by atoms with Crippen molar-refractivity contribution in [2.75, 3.05) is 5.32 Å². The molecule has 4 aromatic carbocycles. The normalized spacial score (nSPS) is 13.2. The highest BCUT2D eigenvalue weighted by molar-refractivity contribution is 7.90. The van der Waals surface area contributed by atoms with Crippen LogP contribution in [0.25, 0.3) is 32.3 Å². The summed E-state index contributed by atoms with van der Waals surface area (Å²) in [7, 11) is -16.7. The van der Waals surface area contributed by atoms with Gasteiger partial charge in [0, 0.05) is 23.1 Å². The van der Waals surface area contributed by atoms with Gasteiger partial charge >= 0.3 is 0 Å². The minimum atomic E-state index is -5.66. The van der Waals surface area contributed by atoms with Crippen LogP contribution in [0.2, 0.25) is 0 Å². The topological polar surface area (TPSA) is 192 Å². The van der Waals surface area contributed by atoms with Gasteiger partial charge in [-0.2, -0.15) is 25.3 Å². The molecular weight excluding hydrogens is 486 g/mol. The van der Waals surface area contributed by atoms with Crippen LogP contribution in [0, 0.1) is 0 Å². The third kappa shape index (κ3) is 3.37. The zero-order valence-electron chi connectivity index (χ0n) is 15.9. The predicted molar refractivity (Wildman–Crippen MR) is 114 cm³/mol. The Bertz CT molecular complexity index is 1790. The number of hydrogen-bond donors (Lipinski definition) is 4. The van der Waals surface area contributed by atoms with E-state index in [-0.39, 0.29) is 16.5 Å². The predicted octanol–water partition coefficient (Wildman–Crippen LogP) is 2.28. The van der Waals surface area contributed by atoms with Crippen molar-refractivity contribution in [2.24, 2.45) is 0 Å². The van der Waals surface area contributed by atoms with Crippen molar-refractivity contribution in [2.45, 2.75) is 21.6 Å². The number of rotatable bonds is 4. The Morgan fingerprint density at radius 1 is 0.719 bits per heavy atom. The van der Waals surface area contributed by atoms with Gasteiger partial charge in [0.05, 0.1) is 5.69 Å². The zero-order chi connectivity index (χ0) is 23.8. The summed E-state index contributed by atoms with van der Waals surface area (Å²) in [6.45, 7) is 1.09. The van der Waals surface area contributed by atoms with E-state index >= 15 is 0 Å². The summed E-state index contributed by atoms with van der Waals surface area (Å²) in [4.78, 5) is 7.13. The highest BCUT2D eigenvalue weighted by atomic mass is 32.2. The molecule has 168 valence electrons. The van der Waals surface area contributed by atoms with E-state index < -0.39 is 61.7 Å². The number of carbonyl (C=O) groups is 1. The second-order valence-electron chi connectivity index (χ2n) is 6.96. The molecule has 0 aliphatic rings. The zero-order valence-corrected chi connectivity index (χ0v) is 18.3. The second kappa shape index (κ2) is 6.81. The first-order chi connectivity index (χ1) is 14.6. The number of hydrogen-bond acceptors (Lipinski definition) is 7. The lowest BCUT2D eigenvalue weighted by Crippen LogP contribution is -2.17. The Labute approximate surface area is 181 Å². The smallest absolute Gasteiger partial charge is 0.297 e.